The molecular weight excluding hydrogens is 153 g/mol. The Morgan fingerprint density at radius 2 is 2.00 bits per heavy atom. The predicted molar refractivity (Wildman–Crippen MR) is 28.6 cm³/mol. The van der Waals surface area contributed by atoms with Crippen molar-refractivity contribution in [2.75, 3.05) is 0 Å². The SMILES string of the molecule is [B]S(=O)(=O)NS(=O)O. The molecular formula is H2BNO4S2. The maximum atomic E-state index is 9.76. The zero-order valence-corrected chi connectivity index (χ0v) is 5.20. The third kappa shape index (κ3) is 6.08. The molecule has 0 saturated heterocycles. The zero-order valence-electron chi connectivity index (χ0n) is 3.57. The second-order valence-corrected chi connectivity index (χ2v) is 3.13. The summed E-state index contributed by atoms with van der Waals surface area (Å²) in [6, 6.07) is 0. The predicted octanol–water partition coefficient (Wildman–Crippen LogP) is -1.87. The molecule has 0 aromatic rings. The summed E-state index contributed by atoms with van der Waals surface area (Å²) < 4.78 is 38.0. The molecule has 46 valence electrons. The smallest absolute Gasteiger partial charge is 0.279 e. The van der Waals surface area contributed by atoms with Gasteiger partial charge in [-0.1, -0.05) is 0 Å². The van der Waals surface area contributed by atoms with Crippen molar-refractivity contribution in [3.05, 3.63) is 0 Å². The maximum Gasteiger partial charge on any atom is 0.279 e. The topological polar surface area (TPSA) is 83.5 Å². The quantitative estimate of drug-likeness (QED) is 0.361. The molecule has 0 aliphatic heterocycles. The second kappa shape index (κ2) is 2.58. The molecule has 8 heavy (non-hydrogen) atoms. The van der Waals surface area contributed by atoms with Gasteiger partial charge in [0, 0.05) is 0 Å². The van der Waals surface area contributed by atoms with Crippen LogP contribution in [0.4, 0.5) is 0 Å². The van der Waals surface area contributed by atoms with Gasteiger partial charge in [0.05, 0.1) is 0 Å². The Bertz CT molecular complexity index is 180. The number of hydrogen-bond acceptors (Lipinski definition) is 3. The highest BCUT2D eigenvalue weighted by Gasteiger charge is 2.01. The van der Waals surface area contributed by atoms with Crippen molar-refractivity contribution in [3.8, 4) is 0 Å². The lowest BCUT2D eigenvalue weighted by Gasteiger charge is -1.91. The minimum atomic E-state index is -4.02. The van der Waals surface area contributed by atoms with E-state index in [-0.39, 0.29) is 0 Å². The molecule has 0 amide bonds. The van der Waals surface area contributed by atoms with Gasteiger partial charge in [-0.3, -0.25) is 4.55 Å². The van der Waals surface area contributed by atoms with E-state index in [0.29, 0.717) is 0 Å². The molecule has 1 atom stereocenters. The first-order valence-corrected chi connectivity index (χ1v) is 3.98. The fraction of sp³-hybridized carbons (Fsp3) is 0. The standard InChI is InChI=1S/BH2NO4S2/c1-8(5,6)2-7(3)4/h2H,(H,3,4). The number of hydrogen-bond donors (Lipinski definition) is 2. The van der Waals surface area contributed by atoms with Crippen molar-refractivity contribution in [1.82, 2.24) is 4.13 Å². The van der Waals surface area contributed by atoms with Crippen LogP contribution in [0, 0.1) is 0 Å². The van der Waals surface area contributed by atoms with E-state index in [9.17, 15) is 12.6 Å². The van der Waals surface area contributed by atoms with Gasteiger partial charge in [0.25, 0.3) is 7.12 Å². The third-order valence-corrected chi connectivity index (χ3v) is 1.69. The monoisotopic (exact) mass is 155 g/mol. The van der Waals surface area contributed by atoms with Crippen LogP contribution in [0.5, 0.6) is 0 Å². The first-order chi connectivity index (χ1) is 3.42. The van der Waals surface area contributed by atoms with E-state index in [1.54, 1.807) is 0 Å². The molecule has 0 fully saturated rings. The Labute approximate surface area is 50.2 Å². The van der Waals surface area contributed by atoms with Gasteiger partial charge < -0.3 is 0 Å². The summed E-state index contributed by atoms with van der Waals surface area (Å²) in [4.78, 5) is 0. The molecule has 0 aromatic heterocycles. The van der Waals surface area contributed by atoms with E-state index in [4.69, 9.17) is 4.55 Å². The molecule has 2 radical (unpaired) electrons. The van der Waals surface area contributed by atoms with Gasteiger partial charge in [-0.15, -0.1) is 4.13 Å². The van der Waals surface area contributed by atoms with Gasteiger partial charge >= 0.3 is 0 Å². The second-order valence-electron chi connectivity index (χ2n) is 0.877. The van der Waals surface area contributed by atoms with Crippen LogP contribution >= 0.6 is 0 Å². The maximum absolute atomic E-state index is 9.76. The molecule has 5 nitrogen and oxygen atoms in total. The van der Waals surface area contributed by atoms with Gasteiger partial charge in [-0.05, 0) is 0 Å². The van der Waals surface area contributed by atoms with Gasteiger partial charge in [-0.2, -0.15) is 0 Å². The van der Waals surface area contributed by atoms with Gasteiger partial charge in [0.2, 0.25) is 11.3 Å². The van der Waals surface area contributed by atoms with Gasteiger partial charge in [0.15, 0.2) is 9.87 Å². The minimum Gasteiger partial charge on any atom is -0.293 e. The van der Waals surface area contributed by atoms with E-state index < -0.39 is 21.1 Å². The van der Waals surface area contributed by atoms with Crippen LogP contribution in [0.25, 0.3) is 0 Å². The zero-order chi connectivity index (χ0) is 6.78. The fourth-order valence-electron chi connectivity index (χ4n) is 0.0994. The normalized spacial score (nSPS) is 15.6. The van der Waals surface area contributed by atoms with E-state index in [1.165, 1.54) is 0 Å². The average molecular weight is 155 g/mol. The highest BCUT2D eigenvalue weighted by molar-refractivity contribution is 8.15. The molecule has 0 spiro atoms. The van der Waals surface area contributed by atoms with E-state index >= 15 is 0 Å². The van der Waals surface area contributed by atoms with Gasteiger partial charge in [-0.25, -0.2) is 12.6 Å². The molecule has 0 saturated carbocycles. The van der Waals surface area contributed by atoms with Crippen LogP contribution in [-0.4, -0.2) is 24.3 Å². The lowest BCUT2D eigenvalue weighted by Crippen LogP contribution is -2.24. The lowest BCUT2D eigenvalue weighted by molar-refractivity contribution is 0.556. The lowest BCUT2D eigenvalue weighted by atomic mass is 10.8. The van der Waals surface area contributed by atoms with Crippen molar-refractivity contribution >= 4 is 28.3 Å². The largest absolute Gasteiger partial charge is 0.293 e. The average Bonchev–Trinajstić information content (AvgIpc) is 1.21. The van der Waals surface area contributed by atoms with Crippen LogP contribution in [0.15, 0.2) is 0 Å². The van der Waals surface area contributed by atoms with Crippen molar-refractivity contribution in [2.24, 2.45) is 0 Å². The van der Waals surface area contributed by atoms with Crippen LogP contribution in [0.2, 0.25) is 0 Å². The fourth-order valence-corrected chi connectivity index (χ4v) is 0.894. The van der Waals surface area contributed by atoms with Crippen LogP contribution in [0.3, 0.4) is 0 Å². The highest BCUT2D eigenvalue weighted by atomic mass is 32.3. The van der Waals surface area contributed by atoms with Crippen molar-refractivity contribution in [3.63, 3.8) is 0 Å². The van der Waals surface area contributed by atoms with Gasteiger partial charge in [0.1, 0.15) is 0 Å². The molecule has 0 bridgehead atoms. The Balaban J connectivity index is 3.95. The van der Waals surface area contributed by atoms with E-state index in [1.807, 2.05) is 0 Å². The molecule has 0 aromatic carbocycles. The van der Waals surface area contributed by atoms with E-state index in [0.717, 1.165) is 4.13 Å². The summed E-state index contributed by atoms with van der Waals surface area (Å²) in [6.07, 6.45) is 0. The van der Waals surface area contributed by atoms with Crippen molar-refractivity contribution in [2.45, 2.75) is 0 Å². The summed E-state index contributed by atoms with van der Waals surface area (Å²) in [6.45, 7) is 0. The summed E-state index contributed by atoms with van der Waals surface area (Å²) in [5.74, 6) is 0. The summed E-state index contributed by atoms with van der Waals surface area (Å²) in [5, 5.41) is 0. The summed E-state index contributed by atoms with van der Waals surface area (Å²) in [7, 11) is 0.221. The Morgan fingerprint density at radius 3 is 2.00 bits per heavy atom. The van der Waals surface area contributed by atoms with Crippen LogP contribution < -0.4 is 4.13 Å². The molecule has 0 aliphatic carbocycles. The Morgan fingerprint density at radius 1 is 1.62 bits per heavy atom. The molecule has 2 N–H and O–H groups in total. The molecule has 0 aliphatic rings. The van der Waals surface area contributed by atoms with Crippen molar-refractivity contribution < 1.29 is 17.2 Å². The first kappa shape index (κ1) is 8.08. The van der Waals surface area contributed by atoms with E-state index in [2.05, 4.69) is 7.12 Å². The molecule has 1 unspecified atom stereocenters. The minimum absolute atomic E-state index is 1.16. The van der Waals surface area contributed by atoms with Crippen LogP contribution in [-0.2, 0) is 21.1 Å². The Hall–Kier alpha value is 0.0849. The molecule has 0 heterocycles. The number of rotatable bonds is 2. The van der Waals surface area contributed by atoms with Crippen LogP contribution in [0.1, 0.15) is 0 Å². The first-order valence-electron chi connectivity index (χ1n) is 1.33. The van der Waals surface area contributed by atoms with Crippen molar-refractivity contribution in [1.29, 1.82) is 0 Å². The molecule has 0 rings (SSSR count). The molecule has 8 heteroatoms. The number of nitrogens with one attached hydrogen (secondary N) is 1. The summed E-state index contributed by atoms with van der Waals surface area (Å²) in [5.41, 5.74) is 0. The third-order valence-electron chi connectivity index (χ3n) is 0.187. The highest BCUT2D eigenvalue weighted by Crippen LogP contribution is 1.71. The Kier molecular flexibility index (Phi) is 2.61. The summed E-state index contributed by atoms with van der Waals surface area (Å²) >= 11 is -2.60.